The minimum atomic E-state index is 0.858. The second-order valence-electron chi connectivity index (χ2n) is 3.75. The lowest BCUT2D eigenvalue weighted by Crippen LogP contribution is -1.86. The highest BCUT2D eigenvalue weighted by Crippen LogP contribution is 2.36. The van der Waals surface area contributed by atoms with E-state index >= 15 is 0 Å². The molecule has 0 saturated heterocycles. The monoisotopic (exact) mass is 182 g/mol. The van der Waals surface area contributed by atoms with Crippen molar-refractivity contribution in [2.24, 2.45) is 0 Å². The molecule has 0 spiro atoms. The lowest BCUT2D eigenvalue weighted by Gasteiger charge is -2.00. The highest BCUT2D eigenvalue weighted by atomic mass is 14.6. The fourth-order valence-corrected chi connectivity index (χ4v) is 2.17. The van der Waals surface area contributed by atoms with Gasteiger partial charge in [0.1, 0.15) is 0 Å². The Hall–Kier alpha value is -1.76. The Balaban J connectivity index is 2.27. The van der Waals surface area contributed by atoms with Crippen molar-refractivity contribution < 1.29 is 0 Å². The molecule has 1 aliphatic rings. The summed E-state index contributed by atoms with van der Waals surface area (Å²) in [5, 5.41) is 0. The Labute approximate surface area is 83.2 Å². The molecule has 14 heavy (non-hydrogen) atoms. The predicted octanol–water partition coefficient (Wildman–Crippen LogP) is 2.84. The summed E-state index contributed by atoms with van der Waals surface area (Å²) >= 11 is 0. The van der Waals surface area contributed by atoms with Crippen molar-refractivity contribution in [2.75, 3.05) is 5.73 Å². The van der Waals surface area contributed by atoms with Gasteiger partial charge in [-0.05, 0) is 40.8 Å². The fourth-order valence-electron chi connectivity index (χ4n) is 2.17. The molecule has 3 rings (SSSR count). The van der Waals surface area contributed by atoms with Crippen LogP contribution in [-0.2, 0) is 6.42 Å². The number of hydrogen-bond donors (Lipinski definition) is 1. The minimum Gasteiger partial charge on any atom is -0.399 e. The maximum absolute atomic E-state index is 5.77. The highest BCUT2D eigenvalue weighted by molar-refractivity contribution is 5.78. The van der Waals surface area contributed by atoms with Crippen LogP contribution in [-0.4, -0.2) is 0 Å². The van der Waals surface area contributed by atoms with Crippen LogP contribution in [0.25, 0.3) is 11.1 Å². The lowest BCUT2D eigenvalue weighted by molar-refractivity contribution is 1.26. The molecule has 1 aliphatic carbocycles. The van der Waals surface area contributed by atoms with Crippen LogP contribution in [0.5, 0.6) is 0 Å². The molecular weight excluding hydrogens is 171 g/mol. The van der Waals surface area contributed by atoms with E-state index in [1.807, 2.05) is 6.07 Å². The van der Waals surface area contributed by atoms with Gasteiger partial charge in [0, 0.05) is 5.69 Å². The van der Waals surface area contributed by atoms with Gasteiger partial charge in [0.25, 0.3) is 0 Å². The van der Waals surface area contributed by atoms with Crippen molar-refractivity contribution >= 4 is 5.69 Å². The van der Waals surface area contributed by atoms with E-state index in [-0.39, 0.29) is 0 Å². The average molecular weight is 182 g/mol. The van der Waals surface area contributed by atoms with Gasteiger partial charge in [-0.2, -0.15) is 0 Å². The van der Waals surface area contributed by atoms with Gasteiger partial charge in [-0.25, -0.2) is 0 Å². The number of anilines is 1. The maximum Gasteiger partial charge on any atom is 0.0317 e. The number of nitrogens with two attached hydrogens (primary N) is 1. The van der Waals surface area contributed by atoms with Crippen molar-refractivity contribution in [3.63, 3.8) is 0 Å². The summed E-state index contributed by atoms with van der Waals surface area (Å²) in [7, 11) is 0. The molecule has 0 radical (unpaired) electrons. The number of nitrogen functional groups attached to an aromatic ring is 1. The Morgan fingerprint density at radius 3 is 2.57 bits per heavy atom. The van der Waals surface area contributed by atoms with Gasteiger partial charge < -0.3 is 5.73 Å². The maximum atomic E-state index is 5.77. The first-order chi connectivity index (χ1) is 6.84. The zero-order chi connectivity index (χ0) is 9.54. The number of fused-ring (bicyclic) bond motifs is 3. The number of hydrogen-bond acceptors (Lipinski definition) is 1. The largest absolute Gasteiger partial charge is 0.399 e. The van der Waals surface area contributed by atoms with Crippen LogP contribution in [0.3, 0.4) is 0 Å². The van der Waals surface area contributed by atoms with Crippen molar-refractivity contribution in [3.8, 4) is 11.1 Å². The van der Waals surface area contributed by atoms with Crippen LogP contribution in [0.15, 0.2) is 42.5 Å². The van der Waals surface area contributed by atoms with Crippen LogP contribution < -0.4 is 5.73 Å². The molecule has 0 atom stereocenters. The quantitative estimate of drug-likeness (QED) is 0.420. The molecule has 0 bridgehead atoms. The van der Waals surface area contributed by atoms with Crippen molar-refractivity contribution in [3.05, 3.63) is 53.6 Å². The summed E-state index contributed by atoms with van der Waals surface area (Å²) in [6.45, 7) is 0. The predicted molar refractivity (Wildman–Crippen MR) is 59.1 cm³/mol. The van der Waals surface area contributed by atoms with Gasteiger partial charge in [0.05, 0.1) is 0 Å². The van der Waals surface area contributed by atoms with Crippen LogP contribution in [0.4, 0.5) is 5.69 Å². The highest BCUT2D eigenvalue weighted by Gasteiger charge is 2.16. The summed E-state index contributed by atoms with van der Waals surface area (Å²) in [4.78, 5) is 0. The second kappa shape index (κ2) is 2.61. The average Bonchev–Trinajstić information content (AvgIpc) is 2.54. The Bertz CT molecular complexity index is 500. The number of rotatable bonds is 0. The lowest BCUT2D eigenvalue weighted by atomic mass is 10.1. The van der Waals surface area contributed by atoms with Crippen LogP contribution in [0.2, 0.25) is 0 Å². The Kier molecular flexibility index (Phi) is 1.42. The van der Waals surface area contributed by atoms with Gasteiger partial charge >= 0.3 is 0 Å². The molecular formula is C13H11N. The molecule has 0 fully saturated rings. The zero-order valence-corrected chi connectivity index (χ0v) is 7.83. The minimum absolute atomic E-state index is 0.858. The number of benzene rings is 2. The van der Waals surface area contributed by atoms with E-state index in [2.05, 4.69) is 36.4 Å². The molecule has 2 aromatic carbocycles. The van der Waals surface area contributed by atoms with Crippen LogP contribution in [0.1, 0.15) is 11.1 Å². The van der Waals surface area contributed by atoms with E-state index in [1.54, 1.807) is 0 Å². The van der Waals surface area contributed by atoms with E-state index in [4.69, 9.17) is 5.73 Å². The summed E-state index contributed by atoms with van der Waals surface area (Å²) in [6.07, 6.45) is 1.02. The SMILES string of the molecule is Nc1ccc2c(c1)[13CH2]c1ccccc1-2. The molecule has 0 amide bonds. The third-order valence-electron chi connectivity index (χ3n) is 2.82. The molecule has 0 heterocycles. The molecule has 0 aliphatic heterocycles. The smallest absolute Gasteiger partial charge is 0.0317 e. The van der Waals surface area contributed by atoms with E-state index in [9.17, 15) is 0 Å². The van der Waals surface area contributed by atoms with Gasteiger partial charge in [0.2, 0.25) is 0 Å². The Morgan fingerprint density at radius 2 is 1.64 bits per heavy atom. The summed E-state index contributed by atoms with van der Waals surface area (Å²) in [5.74, 6) is 0. The fraction of sp³-hybridized carbons (Fsp3) is 0.0769. The topological polar surface area (TPSA) is 26.0 Å². The van der Waals surface area contributed by atoms with E-state index in [0.29, 0.717) is 0 Å². The van der Waals surface area contributed by atoms with E-state index in [0.717, 1.165) is 12.1 Å². The normalized spacial score (nSPS) is 12.3. The second-order valence-corrected chi connectivity index (χ2v) is 3.75. The molecule has 2 N–H and O–H groups in total. The Morgan fingerprint density at radius 1 is 0.857 bits per heavy atom. The molecule has 0 aromatic heterocycles. The first kappa shape index (κ1) is 7.63. The van der Waals surface area contributed by atoms with Crippen molar-refractivity contribution in [1.82, 2.24) is 0 Å². The molecule has 0 saturated carbocycles. The standard InChI is InChI=1S/C13H11N/c14-11-5-6-13-10(8-11)7-9-3-1-2-4-12(9)13/h1-6,8H,7,14H2/i7+1. The molecule has 68 valence electrons. The van der Waals surface area contributed by atoms with Gasteiger partial charge in [0.15, 0.2) is 0 Å². The molecule has 1 nitrogen and oxygen atoms in total. The van der Waals surface area contributed by atoms with Gasteiger partial charge in [-0.1, -0.05) is 30.3 Å². The van der Waals surface area contributed by atoms with Crippen molar-refractivity contribution in [2.45, 2.75) is 6.42 Å². The van der Waals surface area contributed by atoms with E-state index in [1.165, 1.54) is 22.3 Å². The third kappa shape index (κ3) is 0.956. The summed E-state index contributed by atoms with van der Waals surface area (Å²) in [5.41, 5.74) is 12.1. The van der Waals surface area contributed by atoms with Crippen LogP contribution >= 0.6 is 0 Å². The van der Waals surface area contributed by atoms with Gasteiger partial charge in [-0.15, -0.1) is 0 Å². The first-order valence-electron chi connectivity index (χ1n) is 4.81. The van der Waals surface area contributed by atoms with E-state index < -0.39 is 0 Å². The molecule has 1 heteroatoms. The zero-order valence-electron chi connectivity index (χ0n) is 7.83. The van der Waals surface area contributed by atoms with Crippen LogP contribution in [0, 0.1) is 0 Å². The third-order valence-corrected chi connectivity index (χ3v) is 2.82. The summed E-state index contributed by atoms with van der Waals surface area (Å²) in [6, 6.07) is 14.7. The molecule has 0 unspecified atom stereocenters. The molecule has 2 aromatic rings. The summed E-state index contributed by atoms with van der Waals surface area (Å²) < 4.78 is 0. The van der Waals surface area contributed by atoms with Gasteiger partial charge in [-0.3, -0.25) is 0 Å². The first-order valence-corrected chi connectivity index (χ1v) is 4.81. The van der Waals surface area contributed by atoms with Crippen molar-refractivity contribution in [1.29, 1.82) is 0 Å².